The second-order valence-corrected chi connectivity index (χ2v) is 4.88. The van der Waals surface area contributed by atoms with Crippen LogP contribution in [0, 0.1) is 11.8 Å². The third-order valence-electron chi connectivity index (χ3n) is 3.48. The van der Waals surface area contributed by atoms with Gasteiger partial charge in [0.15, 0.2) is 0 Å². The highest BCUT2D eigenvalue weighted by Gasteiger charge is 2.25. The molecule has 0 bridgehead atoms. The van der Waals surface area contributed by atoms with Gasteiger partial charge in [0.25, 0.3) is 0 Å². The molecule has 1 aliphatic heterocycles. The van der Waals surface area contributed by atoms with Gasteiger partial charge in [-0.1, -0.05) is 6.58 Å². The first-order valence-electron chi connectivity index (χ1n) is 6.30. The van der Waals surface area contributed by atoms with Gasteiger partial charge in [0.2, 0.25) is 0 Å². The molecule has 0 N–H and O–H groups in total. The zero-order valence-electron chi connectivity index (χ0n) is 9.90. The van der Waals surface area contributed by atoms with Gasteiger partial charge in [0.1, 0.15) is 6.10 Å². The lowest BCUT2D eigenvalue weighted by molar-refractivity contribution is 0.0595. The summed E-state index contributed by atoms with van der Waals surface area (Å²) in [7, 11) is 0. The molecule has 1 aliphatic carbocycles. The summed E-state index contributed by atoms with van der Waals surface area (Å²) in [6.07, 6.45) is 7.03. The van der Waals surface area contributed by atoms with Gasteiger partial charge in [0, 0.05) is 6.61 Å². The number of hydrogen-bond acceptors (Lipinski definition) is 3. The SMILES string of the molecule is C=COCC1CCC(COCC2CO2)CC1. The first-order chi connectivity index (χ1) is 7.88. The lowest BCUT2D eigenvalue weighted by atomic mass is 9.83. The second kappa shape index (κ2) is 6.26. The maximum Gasteiger partial charge on any atom is 0.104 e. The first kappa shape index (κ1) is 11.9. The van der Waals surface area contributed by atoms with Gasteiger partial charge in [-0.05, 0) is 37.5 Å². The van der Waals surface area contributed by atoms with E-state index < -0.39 is 0 Å². The molecule has 2 aliphatic rings. The molecular formula is C13H22O3. The molecule has 3 nitrogen and oxygen atoms in total. The highest BCUT2D eigenvalue weighted by molar-refractivity contribution is 4.74. The number of epoxide rings is 1. The number of ether oxygens (including phenoxy) is 3. The highest BCUT2D eigenvalue weighted by Crippen LogP contribution is 2.29. The Morgan fingerprint density at radius 2 is 1.69 bits per heavy atom. The molecule has 2 rings (SSSR count). The summed E-state index contributed by atoms with van der Waals surface area (Å²) in [5.41, 5.74) is 0. The molecule has 0 spiro atoms. The summed E-state index contributed by atoms with van der Waals surface area (Å²) < 4.78 is 16.0. The second-order valence-electron chi connectivity index (χ2n) is 4.88. The molecule has 0 aromatic carbocycles. The predicted octanol–water partition coefficient (Wildman–Crippen LogP) is 2.37. The van der Waals surface area contributed by atoms with Crippen LogP contribution in [0.5, 0.6) is 0 Å². The smallest absolute Gasteiger partial charge is 0.104 e. The standard InChI is InChI=1S/C13H22O3/c1-2-14-7-11-3-5-12(6-4-11)8-15-9-13-10-16-13/h2,11-13H,1,3-10H2. The predicted molar refractivity (Wildman–Crippen MR) is 62.2 cm³/mol. The summed E-state index contributed by atoms with van der Waals surface area (Å²) in [4.78, 5) is 0. The van der Waals surface area contributed by atoms with E-state index in [4.69, 9.17) is 14.2 Å². The van der Waals surface area contributed by atoms with Crippen molar-refractivity contribution in [1.82, 2.24) is 0 Å². The Kier molecular flexibility index (Phi) is 4.67. The Hall–Kier alpha value is -0.540. The van der Waals surface area contributed by atoms with Crippen molar-refractivity contribution < 1.29 is 14.2 Å². The van der Waals surface area contributed by atoms with Crippen LogP contribution in [-0.2, 0) is 14.2 Å². The molecule has 1 saturated carbocycles. The lowest BCUT2D eigenvalue weighted by Crippen LogP contribution is -2.21. The zero-order chi connectivity index (χ0) is 11.2. The molecule has 1 saturated heterocycles. The summed E-state index contributed by atoms with van der Waals surface area (Å²) >= 11 is 0. The van der Waals surface area contributed by atoms with Gasteiger partial charge in [-0.3, -0.25) is 0 Å². The minimum absolute atomic E-state index is 0.400. The van der Waals surface area contributed by atoms with E-state index in [9.17, 15) is 0 Å². The van der Waals surface area contributed by atoms with Crippen molar-refractivity contribution in [3.8, 4) is 0 Å². The van der Waals surface area contributed by atoms with Crippen LogP contribution in [-0.4, -0.2) is 32.5 Å². The Morgan fingerprint density at radius 1 is 1.06 bits per heavy atom. The van der Waals surface area contributed by atoms with E-state index in [2.05, 4.69) is 6.58 Å². The average molecular weight is 226 g/mol. The molecule has 2 fully saturated rings. The Morgan fingerprint density at radius 3 is 2.25 bits per heavy atom. The fraction of sp³-hybridized carbons (Fsp3) is 0.846. The van der Waals surface area contributed by atoms with Crippen LogP contribution in [0.25, 0.3) is 0 Å². The van der Waals surface area contributed by atoms with Crippen LogP contribution in [0.2, 0.25) is 0 Å². The summed E-state index contributed by atoms with van der Waals surface area (Å²) in [6.45, 7) is 7.01. The van der Waals surface area contributed by atoms with E-state index in [1.807, 2.05) is 0 Å². The van der Waals surface area contributed by atoms with E-state index in [1.165, 1.54) is 25.7 Å². The maximum atomic E-state index is 5.64. The minimum atomic E-state index is 0.400. The topological polar surface area (TPSA) is 31.0 Å². The maximum absolute atomic E-state index is 5.64. The largest absolute Gasteiger partial charge is 0.502 e. The molecule has 0 aromatic rings. The quantitative estimate of drug-likeness (QED) is 0.493. The van der Waals surface area contributed by atoms with Gasteiger partial charge >= 0.3 is 0 Å². The molecule has 1 heterocycles. The van der Waals surface area contributed by atoms with Gasteiger partial charge in [-0.2, -0.15) is 0 Å². The van der Waals surface area contributed by atoms with Crippen molar-refractivity contribution in [3.63, 3.8) is 0 Å². The number of hydrogen-bond donors (Lipinski definition) is 0. The van der Waals surface area contributed by atoms with Crippen molar-refractivity contribution in [2.45, 2.75) is 31.8 Å². The fourth-order valence-corrected chi connectivity index (χ4v) is 2.30. The summed E-state index contributed by atoms with van der Waals surface area (Å²) in [5.74, 6) is 1.47. The van der Waals surface area contributed by atoms with Crippen molar-refractivity contribution >= 4 is 0 Å². The Balaban J connectivity index is 1.51. The minimum Gasteiger partial charge on any atom is -0.502 e. The van der Waals surface area contributed by atoms with Gasteiger partial charge in [0.05, 0.1) is 26.1 Å². The van der Waals surface area contributed by atoms with Crippen LogP contribution in [0.4, 0.5) is 0 Å². The highest BCUT2D eigenvalue weighted by atomic mass is 16.6. The fourth-order valence-electron chi connectivity index (χ4n) is 2.30. The summed E-state index contributed by atoms with van der Waals surface area (Å²) in [5, 5.41) is 0. The van der Waals surface area contributed by atoms with Gasteiger partial charge in [-0.25, -0.2) is 0 Å². The first-order valence-corrected chi connectivity index (χ1v) is 6.30. The van der Waals surface area contributed by atoms with E-state index in [-0.39, 0.29) is 0 Å². The third kappa shape index (κ3) is 4.14. The Bertz CT molecular complexity index is 205. The van der Waals surface area contributed by atoms with Crippen molar-refractivity contribution in [1.29, 1.82) is 0 Å². The van der Waals surface area contributed by atoms with E-state index in [0.29, 0.717) is 6.10 Å². The van der Waals surface area contributed by atoms with Gasteiger partial charge < -0.3 is 14.2 Å². The zero-order valence-corrected chi connectivity index (χ0v) is 9.90. The lowest BCUT2D eigenvalue weighted by Gasteiger charge is -2.27. The molecule has 0 amide bonds. The van der Waals surface area contributed by atoms with Crippen LogP contribution >= 0.6 is 0 Å². The third-order valence-corrected chi connectivity index (χ3v) is 3.48. The monoisotopic (exact) mass is 226 g/mol. The molecule has 92 valence electrons. The molecule has 0 radical (unpaired) electrons. The van der Waals surface area contributed by atoms with Crippen LogP contribution < -0.4 is 0 Å². The van der Waals surface area contributed by atoms with Crippen LogP contribution in [0.1, 0.15) is 25.7 Å². The summed E-state index contributed by atoms with van der Waals surface area (Å²) in [6, 6.07) is 0. The normalized spacial score (nSPS) is 33.4. The van der Waals surface area contributed by atoms with Crippen LogP contribution in [0.15, 0.2) is 12.8 Å². The van der Waals surface area contributed by atoms with E-state index in [0.717, 1.165) is 38.3 Å². The molecule has 16 heavy (non-hydrogen) atoms. The molecule has 0 aromatic heterocycles. The van der Waals surface area contributed by atoms with Crippen molar-refractivity contribution in [2.75, 3.05) is 26.4 Å². The molecule has 1 atom stereocenters. The molecule has 1 unspecified atom stereocenters. The molecule has 3 heteroatoms. The van der Waals surface area contributed by atoms with Crippen LogP contribution in [0.3, 0.4) is 0 Å². The van der Waals surface area contributed by atoms with Crippen molar-refractivity contribution in [3.05, 3.63) is 12.8 Å². The van der Waals surface area contributed by atoms with Crippen molar-refractivity contribution in [2.24, 2.45) is 11.8 Å². The van der Waals surface area contributed by atoms with E-state index >= 15 is 0 Å². The average Bonchev–Trinajstić information content (AvgIpc) is 3.12. The molecular weight excluding hydrogens is 204 g/mol. The van der Waals surface area contributed by atoms with Gasteiger partial charge in [-0.15, -0.1) is 0 Å². The Labute approximate surface area is 97.8 Å². The van der Waals surface area contributed by atoms with E-state index in [1.54, 1.807) is 6.26 Å². The number of rotatable bonds is 7.